The molecule has 2 atom stereocenters. The Morgan fingerprint density at radius 3 is 1.24 bits per heavy atom. The van der Waals surface area contributed by atoms with Crippen LogP contribution in [0, 0.1) is 0 Å². The van der Waals surface area contributed by atoms with Crippen molar-refractivity contribution in [3.05, 3.63) is 144 Å². The summed E-state index contributed by atoms with van der Waals surface area (Å²) in [5.74, 6) is -0.857. The van der Waals surface area contributed by atoms with Crippen molar-refractivity contribution >= 4 is 11.6 Å². The molecule has 1 saturated heterocycles. The van der Waals surface area contributed by atoms with E-state index in [1.165, 1.54) is 0 Å². The van der Waals surface area contributed by atoms with E-state index in [4.69, 9.17) is 21.1 Å². The molecular formula is C33H34ClNO2. The smallest absolute Gasteiger partial charge is 0.164 e. The van der Waals surface area contributed by atoms with Crippen LogP contribution in [0.1, 0.15) is 36.1 Å². The van der Waals surface area contributed by atoms with Gasteiger partial charge in [-0.05, 0) is 50.2 Å². The third kappa shape index (κ3) is 4.41. The van der Waals surface area contributed by atoms with Gasteiger partial charge in [0.2, 0.25) is 0 Å². The number of hydrogen-bond acceptors (Lipinski definition) is 3. The van der Waals surface area contributed by atoms with Crippen molar-refractivity contribution in [2.75, 3.05) is 14.1 Å². The maximum Gasteiger partial charge on any atom is 0.164 e. The van der Waals surface area contributed by atoms with E-state index in [-0.39, 0.29) is 0 Å². The molecule has 3 nitrogen and oxygen atoms in total. The molecule has 1 heterocycles. The standard InChI is InChI=1S/C33H34ClNO2/c1-31(2)36-29(32(34,25-17-9-5-10-18-25)26-19-11-6-12-20-26)30(37-31)33(35(3)4,27-21-13-7-14-22-27)28-23-15-8-16-24-28/h5-24,29-30H,1-4H3/t29-,30-/m1/s1. The predicted octanol–water partition coefficient (Wildman–Crippen LogP) is 7.19. The average Bonchev–Trinajstić information content (AvgIpc) is 3.26. The van der Waals surface area contributed by atoms with Crippen LogP contribution in [0.4, 0.5) is 0 Å². The van der Waals surface area contributed by atoms with Gasteiger partial charge in [-0.15, -0.1) is 11.6 Å². The summed E-state index contributed by atoms with van der Waals surface area (Å²) in [5, 5.41) is 0. The number of halogens is 1. The fraction of sp³-hybridized carbons (Fsp3) is 0.273. The van der Waals surface area contributed by atoms with E-state index in [2.05, 4.69) is 91.8 Å². The molecule has 5 rings (SSSR count). The van der Waals surface area contributed by atoms with Gasteiger partial charge in [0, 0.05) is 0 Å². The predicted molar refractivity (Wildman–Crippen MR) is 151 cm³/mol. The third-order valence-electron chi connectivity index (χ3n) is 7.42. The van der Waals surface area contributed by atoms with E-state index in [9.17, 15) is 0 Å². The lowest BCUT2D eigenvalue weighted by Crippen LogP contribution is -2.59. The maximum absolute atomic E-state index is 7.88. The summed E-state index contributed by atoms with van der Waals surface area (Å²) in [4.78, 5) is 1.24. The average molecular weight is 512 g/mol. The molecule has 0 radical (unpaired) electrons. The van der Waals surface area contributed by atoms with E-state index in [1.54, 1.807) is 0 Å². The number of hydrogen-bond donors (Lipinski definition) is 0. The van der Waals surface area contributed by atoms with Crippen molar-refractivity contribution in [1.29, 1.82) is 0 Å². The van der Waals surface area contributed by atoms with Crippen LogP contribution in [0.3, 0.4) is 0 Å². The van der Waals surface area contributed by atoms with Gasteiger partial charge < -0.3 is 9.47 Å². The number of likely N-dealkylation sites (N-methyl/N-ethyl adjacent to an activating group) is 1. The number of alkyl halides is 1. The van der Waals surface area contributed by atoms with Gasteiger partial charge in [0.1, 0.15) is 22.6 Å². The van der Waals surface area contributed by atoms with Crippen molar-refractivity contribution in [3.8, 4) is 0 Å². The monoisotopic (exact) mass is 511 g/mol. The molecular weight excluding hydrogens is 478 g/mol. The molecule has 4 heteroatoms. The summed E-state index contributed by atoms with van der Waals surface area (Å²) in [7, 11) is 4.21. The van der Waals surface area contributed by atoms with E-state index < -0.39 is 28.4 Å². The van der Waals surface area contributed by atoms with Crippen molar-refractivity contribution in [2.24, 2.45) is 0 Å². The Labute approximate surface area is 225 Å². The Hall–Kier alpha value is -2.95. The van der Waals surface area contributed by atoms with Gasteiger partial charge in [-0.2, -0.15) is 0 Å². The Kier molecular flexibility index (Phi) is 6.99. The van der Waals surface area contributed by atoms with E-state index >= 15 is 0 Å². The SMILES string of the molecule is CN(C)C(c1ccccc1)(c1ccccc1)[C@@H]1OC(C)(C)O[C@H]1C(Cl)(c1ccccc1)c1ccccc1. The highest BCUT2D eigenvalue weighted by Crippen LogP contribution is 2.54. The molecule has 0 bridgehead atoms. The quantitative estimate of drug-likeness (QED) is 0.245. The first kappa shape index (κ1) is 25.7. The molecule has 0 aliphatic carbocycles. The van der Waals surface area contributed by atoms with Crippen LogP contribution in [0.2, 0.25) is 0 Å². The summed E-state index contributed by atoms with van der Waals surface area (Å²) < 4.78 is 13.8. The number of ether oxygens (including phenoxy) is 2. The number of benzene rings is 4. The molecule has 1 aliphatic heterocycles. The number of nitrogens with zero attached hydrogens (tertiary/aromatic N) is 1. The fourth-order valence-corrected chi connectivity index (χ4v) is 6.28. The van der Waals surface area contributed by atoms with Crippen LogP contribution < -0.4 is 0 Å². The zero-order valence-electron chi connectivity index (χ0n) is 21.8. The van der Waals surface area contributed by atoms with Crippen molar-refractivity contribution in [3.63, 3.8) is 0 Å². The van der Waals surface area contributed by atoms with Crippen LogP contribution in [0.25, 0.3) is 0 Å². The highest BCUT2D eigenvalue weighted by atomic mass is 35.5. The van der Waals surface area contributed by atoms with Crippen molar-refractivity contribution in [1.82, 2.24) is 4.90 Å². The van der Waals surface area contributed by atoms with Gasteiger partial charge in [0.15, 0.2) is 5.79 Å². The minimum atomic E-state index is -1.01. The Morgan fingerprint density at radius 2 is 0.892 bits per heavy atom. The second kappa shape index (κ2) is 10.1. The molecule has 0 aromatic heterocycles. The Morgan fingerprint density at radius 1 is 0.568 bits per heavy atom. The van der Waals surface area contributed by atoms with Crippen LogP contribution in [-0.4, -0.2) is 37.0 Å². The lowest BCUT2D eigenvalue weighted by molar-refractivity contribution is -0.158. The highest BCUT2D eigenvalue weighted by Gasteiger charge is 2.62. The fourth-order valence-electron chi connectivity index (χ4n) is 5.86. The van der Waals surface area contributed by atoms with Gasteiger partial charge in [-0.25, -0.2) is 0 Å². The van der Waals surface area contributed by atoms with E-state index in [0.717, 1.165) is 22.3 Å². The molecule has 0 spiro atoms. The van der Waals surface area contributed by atoms with Gasteiger partial charge in [-0.3, -0.25) is 4.90 Å². The summed E-state index contributed by atoms with van der Waals surface area (Å²) in [5.41, 5.74) is 3.47. The maximum atomic E-state index is 7.88. The Bertz CT molecular complexity index is 1210. The molecule has 190 valence electrons. The van der Waals surface area contributed by atoms with E-state index in [1.807, 2.05) is 62.4 Å². The summed E-state index contributed by atoms with van der Waals surface area (Å²) in [6.45, 7) is 3.95. The van der Waals surface area contributed by atoms with Crippen LogP contribution in [0.15, 0.2) is 121 Å². The zero-order valence-corrected chi connectivity index (χ0v) is 22.6. The molecule has 1 fully saturated rings. The first-order valence-corrected chi connectivity index (χ1v) is 13.1. The second-order valence-electron chi connectivity index (χ2n) is 10.3. The lowest BCUT2D eigenvalue weighted by atomic mass is 9.71. The van der Waals surface area contributed by atoms with Crippen molar-refractivity contribution < 1.29 is 9.47 Å². The number of rotatable bonds is 7. The van der Waals surface area contributed by atoms with Gasteiger partial charge in [0.25, 0.3) is 0 Å². The topological polar surface area (TPSA) is 21.7 Å². The zero-order chi connectivity index (χ0) is 26.1. The molecule has 0 unspecified atom stereocenters. The normalized spacial score (nSPS) is 19.7. The first-order valence-electron chi connectivity index (χ1n) is 12.7. The molecule has 0 amide bonds. The van der Waals surface area contributed by atoms with Crippen molar-refractivity contribution in [2.45, 2.75) is 42.3 Å². The minimum Gasteiger partial charge on any atom is -0.342 e. The van der Waals surface area contributed by atoms with Crippen LogP contribution in [0.5, 0.6) is 0 Å². The third-order valence-corrected chi connectivity index (χ3v) is 8.07. The molecule has 37 heavy (non-hydrogen) atoms. The molecule has 4 aromatic carbocycles. The molecule has 0 saturated carbocycles. The summed E-state index contributed by atoms with van der Waals surface area (Å²) in [6.07, 6.45) is -0.989. The summed E-state index contributed by atoms with van der Waals surface area (Å²) >= 11 is 7.88. The lowest BCUT2D eigenvalue weighted by Gasteiger charge is -2.48. The molecule has 0 N–H and O–H groups in total. The molecule has 4 aromatic rings. The highest BCUT2D eigenvalue weighted by molar-refractivity contribution is 6.26. The first-order chi connectivity index (χ1) is 17.8. The van der Waals surface area contributed by atoms with Gasteiger partial charge >= 0.3 is 0 Å². The van der Waals surface area contributed by atoms with Crippen LogP contribution in [-0.2, 0) is 19.9 Å². The largest absolute Gasteiger partial charge is 0.342 e. The van der Waals surface area contributed by atoms with Gasteiger partial charge in [-0.1, -0.05) is 121 Å². The Balaban J connectivity index is 1.82. The molecule has 1 aliphatic rings. The van der Waals surface area contributed by atoms with E-state index in [0.29, 0.717) is 0 Å². The second-order valence-corrected chi connectivity index (χ2v) is 10.9. The minimum absolute atomic E-state index is 0.458. The van der Waals surface area contributed by atoms with Crippen LogP contribution >= 0.6 is 11.6 Å². The summed E-state index contributed by atoms with van der Waals surface area (Å²) in [6, 6.07) is 41.5. The van der Waals surface area contributed by atoms with Gasteiger partial charge in [0.05, 0.1) is 0 Å².